The van der Waals surface area contributed by atoms with Gasteiger partial charge in [-0.05, 0) is 36.6 Å². The third kappa shape index (κ3) is 3.33. The third-order valence-electron chi connectivity index (χ3n) is 4.66. The molecule has 1 aliphatic heterocycles. The number of ether oxygens (including phenoxy) is 1. The van der Waals surface area contributed by atoms with Crippen LogP contribution in [-0.2, 0) is 13.0 Å². The summed E-state index contributed by atoms with van der Waals surface area (Å²) in [7, 11) is 1.68. The molecule has 0 saturated carbocycles. The highest BCUT2D eigenvalue weighted by molar-refractivity contribution is 5.65. The number of methoxy groups -OCH3 is 1. The van der Waals surface area contributed by atoms with Crippen molar-refractivity contribution < 1.29 is 4.74 Å². The first kappa shape index (κ1) is 16.4. The van der Waals surface area contributed by atoms with Crippen LogP contribution in [0.1, 0.15) is 17.5 Å². The molecule has 4 rings (SSSR count). The number of hydrogen-bond acceptors (Lipinski definition) is 5. The zero-order valence-electron chi connectivity index (χ0n) is 14.9. The first-order valence-electron chi connectivity index (χ1n) is 8.89. The van der Waals surface area contributed by atoms with E-state index in [-0.39, 0.29) is 0 Å². The molecule has 0 amide bonds. The van der Waals surface area contributed by atoms with Crippen LogP contribution >= 0.6 is 0 Å². The van der Waals surface area contributed by atoms with Crippen molar-refractivity contribution in [2.24, 2.45) is 0 Å². The van der Waals surface area contributed by atoms with E-state index in [1.807, 2.05) is 36.5 Å². The van der Waals surface area contributed by atoms with E-state index in [0.29, 0.717) is 12.5 Å². The van der Waals surface area contributed by atoms with Gasteiger partial charge in [-0.3, -0.25) is 0 Å². The van der Waals surface area contributed by atoms with Crippen LogP contribution in [0.4, 0.5) is 17.5 Å². The fourth-order valence-electron chi connectivity index (χ4n) is 3.38. The topological polar surface area (TPSA) is 50.3 Å². The molecule has 2 aromatic carbocycles. The molecule has 26 heavy (non-hydrogen) atoms. The Morgan fingerprint density at radius 1 is 1.08 bits per heavy atom. The molecule has 0 fully saturated rings. The molecule has 2 heterocycles. The Bertz CT molecular complexity index is 896. The van der Waals surface area contributed by atoms with E-state index < -0.39 is 0 Å². The second-order valence-corrected chi connectivity index (χ2v) is 6.29. The number of aromatic nitrogens is 2. The highest BCUT2D eigenvalue weighted by Crippen LogP contribution is 2.32. The first-order chi connectivity index (χ1) is 12.8. The second-order valence-electron chi connectivity index (χ2n) is 6.29. The lowest BCUT2D eigenvalue weighted by Gasteiger charge is -2.30. The Balaban J connectivity index is 1.54. The summed E-state index contributed by atoms with van der Waals surface area (Å²) in [6.45, 7) is 1.59. The van der Waals surface area contributed by atoms with Gasteiger partial charge in [-0.2, -0.15) is 4.98 Å². The van der Waals surface area contributed by atoms with Gasteiger partial charge in [0.2, 0.25) is 5.95 Å². The Morgan fingerprint density at radius 2 is 1.92 bits per heavy atom. The average molecular weight is 346 g/mol. The molecule has 0 unspecified atom stereocenters. The summed E-state index contributed by atoms with van der Waals surface area (Å²) in [5.74, 6) is 2.41. The van der Waals surface area contributed by atoms with Crippen LogP contribution in [0.2, 0.25) is 0 Å². The second kappa shape index (κ2) is 7.44. The minimum Gasteiger partial charge on any atom is -0.496 e. The highest BCUT2D eigenvalue weighted by atomic mass is 16.5. The fourth-order valence-corrected chi connectivity index (χ4v) is 3.38. The Morgan fingerprint density at radius 3 is 2.85 bits per heavy atom. The quantitative estimate of drug-likeness (QED) is 0.751. The fraction of sp³-hybridized carbons (Fsp3) is 0.238. The maximum Gasteiger partial charge on any atom is 0.224 e. The molecule has 5 nitrogen and oxygen atoms in total. The summed E-state index contributed by atoms with van der Waals surface area (Å²) in [5.41, 5.74) is 3.70. The number of nitrogens with one attached hydrogen (secondary N) is 1. The molecule has 1 aliphatic rings. The van der Waals surface area contributed by atoms with Gasteiger partial charge in [0, 0.05) is 30.5 Å². The molecule has 0 radical (unpaired) electrons. The van der Waals surface area contributed by atoms with E-state index in [4.69, 9.17) is 9.72 Å². The molecule has 1 aromatic heterocycles. The predicted molar refractivity (Wildman–Crippen MR) is 104 cm³/mol. The number of fused-ring (bicyclic) bond motifs is 1. The zero-order valence-corrected chi connectivity index (χ0v) is 14.9. The number of nitrogens with zero attached hydrogens (tertiary/aromatic N) is 3. The van der Waals surface area contributed by atoms with E-state index in [0.717, 1.165) is 36.5 Å². The molecule has 0 atom stereocenters. The zero-order chi connectivity index (χ0) is 17.8. The van der Waals surface area contributed by atoms with Gasteiger partial charge < -0.3 is 15.0 Å². The average Bonchev–Trinajstić information content (AvgIpc) is 2.72. The highest BCUT2D eigenvalue weighted by Gasteiger charge is 2.19. The number of anilines is 3. The number of rotatable bonds is 5. The SMILES string of the molecule is COc1ccccc1CNc1nccc(N2CCCc3ccccc32)n1. The van der Waals surface area contributed by atoms with E-state index in [1.165, 1.54) is 11.3 Å². The van der Waals surface area contributed by atoms with Gasteiger partial charge in [0.25, 0.3) is 0 Å². The normalized spacial score (nSPS) is 13.2. The van der Waals surface area contributed by atoms with E-state index in [1.54, 1.807) is 7.11 Å². The monoisotopic (exact) mass is 346 g/mol. The van der Waals surface area contributed by atoms with Gasteiger partial charge in [-0.15, -0.1) is 0 Å². The van der Waals surface area contributed by atoms with Gasteiger partial charge in [-0.1, -0.05) is 36.4 Å². The summed E-state index contributed by atoms with van der Waals surface area (Å²) in [4.78, 5) is 11.4. The molecule has 132 valence electrons. The summed E-state index contributed by atoms with van der Waals surface area (Å²) in [6, 6.07) is 18.5. The Kier molecular flexibility index (Phi) is 4.69. The van der Waals surface area contributed by atoms with Crippen LogP contribution in [0.3, 0.4) is 0 Å². The van der Waals surface area contributed by atoms with Crippen LogP contribution < -0.4 is 15.0 Å². The van der Waals surface area contributed by atoms with Gasteiger partial charge in [0.05, 0.1) is 7.11 Å². The van der Waals surface area contributed by atoms with Gasteiger partial charge in [0.1, 0.15) is 11.6 Å². The molecule has 5 heteroatoms. The van der Waals surface area contributed by atoms with Crippen LogP contribution in [0.15, 0.2) is 60.8 Å². The predicted octanol–water partition coefficient (Wildman–Crippen LogP) is 4.18. The first-order valence-corrected chi connectivity index (χ1v) is 8.89. The number of para-hydroxylation sites is 2. The van der Waals surface area contributed by atoms with E-state index in [2.05, 4.69) is 39.5 Å². The van der Waals surface area contributed by atoms with Crippen molar-refractivity contribution in [1.82, 2.24) is 9.97 Å². The standard InChI is InChI=1S/C21H22N4O/c1-26-19-11-5-3-8-17(19)15-23-21-22-13-12-20(24-21)25-14-6-9-16-7-2-4-10-18(16)25/h2-5,7-8,10-13H,6,9,14-15H2,1H3,(H,22,23,24). The van der Waals surface area contributed by atoms with Crippen molar-refractivity contribution in [3.8, 4) is 5.75 Å². The maximum atomic E-state index is 5.40. The molecule has 3 aromatic rings. The van der Waals surface area contributed by atoms with Crippen LogP contribution in [0.5, 0.6) is 5.75 Å². The molecule has 0 bridgehead atoms. The van der Waals surface area contributed by atoms with Crippen molar-refractivity contribution in [2.45, 2.75) is 19.4 Å². The molecule has 0 saturated heterocycles. The van der Waals surface area contributed by atoms with Gasteiger partial charge in [0.15, 0.2) is 0 Å². The maximum absolute atomic E-state index is 5.40. The Labute approximate surface area is 153 Å². The van der Waals surface area contributed by atoms with Crippen molar-refractivity contribution in [1.29, 1.82) is 0 Å². The lowest BCUT2D eigenvalue weighted by Crippen LogP contribution is -2.25. The summed E-state index contributed by atoms with van der Waals surface area (Å²) in [6.07, 6.45) is 4.06. The van der Waals surface area contributed by atoms with Gasteiger partial charge >= 0.3 is 0 Å². The minimum atomic E-state index is 0.615. The van der Waals surface area contributed by atoms with Crippen molar-refractivity contribution in [2.75, 3.05) is 23.9 Å². The van der Waals surface area contributed by atoms with Gasteiger partial charge in [-0.25, -0.2) is 4.98 Å². The number of hydrogen-bond donors (Lipinski definition) is 1. The van der Waals surface area contributed by atoms with E-state index in [9.17, 15) is 0 Å². The molecule has 0 spiro atoms. The van der Waals surface area contributed by atoms with Crippen LogP contribution in [-0.4, -0.2) is 23.6 Å². The van der Waals surface area contributed by atoms with Crippen molar-refractivity contribution in [3.05, 3.63) is 71.9 Å². The lowest BCUT2D eigenvalue weighted by atomic mass is 10.0. The van der Waals surface area contributed by atoms with Crippen molar-refractivity contribution in [3.63, 3.8) is 0 Å². The number of aryl methyl sites for hydroxylation is 1. The van der Waals surface area contributed by atoms with Crippen molar-refractivity contribution >= 4 is 17.5 Å². The lowest BCUT2D eigenvalue weighted by molar-refractivity contribution is 0.410. The molecule has 1 N–H and O–H groups in total. The third-order valence-corrected chi connectivity index (χ3v) is 4.66. The smallest absolute Gasteiger partial charge is 0.224 e. The molecular weight excluding hydrogens is 324 g/mol. The minimum absolute atomic E-state index is 0.615. The summed E-state index contributed by atoms with van der Waals surface area (Å²) in [5, 5.41) is 3.31. The van der Waals surface area contributed by atoms with Crippen LogP contribution in [0, 0.1) is 0 Å². The van der Waals surface area contributed by atoms with E-state index >= 15 is 0 Å². The largest absolute Gasteiger partial charge is 0.496 e. The Hall–Kier alpha value is -3.08. The summed E-state index contributed by atoms with van der Waals surface area (Å²) < 4.78 is 5.40. The summed E-state index contributed by atoms with van der Waals surface area (Å²) >= 11 is 0. The van der Waals surface area contributed by atoms with Crippen LogP contribution in [0.25, 0.3) is 0 Å². The number of benzene rings is 2. The molecule has 0 aliphatic carbocycles. The molecular formula is C21H22N4O.